The highest BCUT2D eigenvalue weighted by molar-refractivity contribution is 7.99. The van der Waals surface area contributed by atoms with Crippen LogP contribution in [0.2, 0.25) is 5.02 Å². The molecule has 2 heterocycles. The molecule has 1 aromatic heterocycles. The average Bonchev–Trinajstić information content (AvgIpc) is 3.22. The number of rotatable bonds is 6. The fourth-order valence-corrected chi connectivity index (χ4v) is 4.61. The zero-order valence-corrected chi connectivity index (χ0v) is 19.4. The molecule has 0 N–H and O–H groups in total. The Bertz CT molecular complexity index is 996. The number of hydrogen-bond acceptors (Lipinski definition) is 10. The van der Waals surface area contributed by atoms with Gasteiger partial charge in [0.1, 0.15) is 5.75 Å². The maximum atomic E-state index is 11.8. The first kappa shape index (κ1) is 23.9. The van der Waals surface area contributed by atoms with Crippen LogP contribution in [0.4, 0.5) is 0 Å². The second-order valence-corrected chi connectivity index (χ2v) is 8.63. The Hall–Kier alpha value is -2.72. The van der Waals surface area contributed by atoms with Crippen LogP contribution in [0.5, 0.6) is 5.75 Å². The fraction of sp³-hybridized carbons (Fsp3) is 0.429. The van der Waals surface area contributed by atoms with Crippen molar-refractivity contribution >= 4 is 41.3 Å². The molecule has 3 rings (SSSR count). The lowest BCUT2D eigenvalue weighted by atomic mass is 10.1. The topological polar surface area (TPSA) is 114 Å². The Kier molecular flexibility index (Phi) is 7.68. The molecule has 1 aliphatic rings. The van der Waals surface area contributed by atoms with Gasteiger partial charge in [-0.25, -0.2) is 0 Å². The molecule has 0 saturated carbocycles. The van der Waals surface area contributed by atoms with Crippen molar-refractivity contribution in [3.05, 3.63) is 35.0 Å². The number of halogens is 1. The van der Waals surface area contributed by atoms with E-state index in [0.29, 0.717) is 22.1 Å². The number of aryl methyl sites for hydroxylation is 1. The van der Waals surface area contributed by atoms with Crippen molar-refractivity contribution in [2.24, 2.45) is 0 Å². The van der Waals surface area contributed by atoms with E-state index in [0.717, 1.165) is 5.56 Å². The van der Waals surface area contributed by atoms with Gasteiger partial charge in [0.15, 0.2) is 29.5 Å². The van der Waals surface area contributed by atoms with Gasteiger partial charge in [0.05, 0.1) is 11.8 Å². The molecule has 0 radical (unpaired) electrons. The van der Waals surface area contributed by atoms with E-state index < -0.39 is 41.7 Å². The van der Waals surface area contributed by atoms with Crippen molar-refractivity contribution in [3.63, 3.8) is 0 Å². The number of hydrogen-bond donors (Lipinski definition) is 0. The van der Waals surface area contributed by atoms with Gasteiger partial charge in [-0.15, -0.1) is 11.8 Å². The van der Waals surface area contributed by atoms with Crippen LogP contribution in [-0.4, -0.2) is 52.6 Å². The van der Waals surface area contributed by atoms with Crippen LogP contribution in [0.25, 0.3) is 11.3 Å². The molecule has 4 atom stereocenters. The quantitative estimate of drug-likeness (QED) is 0.446. The maximum absolute atomic E-state index is 11.8. The van der Waals surface area contributed by atoms with E-state index in [4.69, 9.17) is 35.1 Å². The molecule has 1 fully saturated rings. The second kappa shape index (κ2) is 10.3. The van der Waals surface area contributed by atoms with Crippen molar-refractivity contribution in [1.82, 2.24) is 5.16 Å². The Morgan fingerprint density at radius 3 is 2.31 bits per heavy atom. The third kappa shape index (κ3) is 5.74. The van der Waals surface area contributed by atoms with Gasteiger partial charge in [0, 0.05) is 37.6 Å². The fourth-order valence-electron chi connectivity index (χ4n) is 3.23. The summed E-state index contributed by atoms with van der Waals surface area (Å²) < 4.78 is 27.7. The summed E-state index contributed by atoms with van der Waals surface area (Å²) in [7, 11) is 0. The average molecular weight is 484 g/mol. The lowest BCUT2D eigenvalue weighted by Crippen LogP contribution is -2.55. The summed E-state index contributed by atoms with van der Waals surface area (Å²) >= 11 is 7.55. The van der Waals surface area contributed by atoms with Crippen LogP contribution >= 0.6 is 23.4 Å². The number of nitrogens with zero attached hydrogens (tertiary/aromatic N) is 1. The Balaban J connectivity index is 1.97. The highest BCUT2D eigenvalue weighted by atomic mass is 35.5. The molecule has 32 heavy (non-hydrogen) atoms. The molecule has 0 bridgehead atoms. The van der Waals surface area contributed by atoms with Crippen LogP contribution in [0.1, 0.15) is 26.3 Å². The number of thioether (sulfide) groups is 1. The lowest BCUT2D eigenvalue weighted by molar-refractivity contribution is -0.186. The molecule has 11 heteroatoms. The minimum Gasteiger partial charge on any atom is -0.475 e. The SMILES string of the molecule is CC(=O)O[C@@H]1[C@@H](OC(C)=O)[C@H](OC(C)=O)CS[C@H]1Oc1cc(C)c(Cl)cc1-c1ccno1. The number of ether oxygens (including phenoxy) is 4. The van der Waals surface area contributed by atoms with Crippen LogP contribution in [-0.2, 0) is 28.6 Å². The van der Waals surface area contributed by atoms with Gasteiger partial charge in [-0.2, -0.15) is 0 Å². The van der Waals surface area contributed by atoms with Crippen molar-refractivity contribution in [3.8, 4) is 17.1 Å². The Morgan fingerprint density at radius 1 is 1.06 bits per heavy atom. The molecule has 1 aromatic carbocycles. The second-order valence-electron chi connectivity index (χ2n) is 7.09. The summed E-state index contributed by atoms with van der Waals surface area (Å²) in [6.07, 6.45) is -1.41. The molecule has 0 amide bonds. The first-order valence-electron chi connectivity index (χ1n) is 9.66. The van der Waals surface area contributed by atoms with Gasteiger partial charge in [0.2, 0.25) is 0 Å². The normalized spacial score (nSPS) is 22.7. The van der Waals surface area contributed by atoms with Crippen molar-refractivity contribution in [1.29, 1.82) is 0 Å². The molecule has 9 nitrogen and oxygen atoms in total. The van der Waals surface area contributed by atoms with Crippen LogP contribution in [0.3, 0.4) is 0 Å². The van der Waals surface area contributed by atoms with Crippen molar-refractivity contribution in [2.75, 3.05) is 5.75 Å². The van der Waals surface area contributed by atoms with Gasteiger partial charge in [-0.3, -0.25) is 14.4 Å². The van der Waals surface area contributed by atoms with Gasteiger partial charge in [-0.1, -0.05) is 16.8 Å². The van der Waals surface area contributed by atoms with Gasteiger partial charge in [0.25, 0.3) is 0 Å². The van der Waals surface area contributed by atoms with Crippen molar-refractivity contribution < 1.29 is 37.9 Å². The standard InChI is InChI=1S/C21H22ClNO8S/c1-10-7-17(14(8-15(10)22)16-5-6-23-31-16)30-21-20(29-13(4)26)19(28-12(3)25)18(9-32-21)27-11(2)24/h5-8,18-21H,9H2,1-4H3/t18-,19+,20-,21-/m1/s1. The third-order valence-electron chi connectivity index (χ3n) is 4.51. The number of esters is 3. The third-order valence-corrected chi connectivity index (χ3v) is 6.13. The first-order chi connectivity index (χ1) is 15.2. The van der Waals surface area contributed by atoms with Crippen LogP contribution < -0.4 is 4.74 Å². The summed E-state index contributed by atoms with van der Waals surface area (Å²) in [6.45, 7) is 5.51. The molecule has 1 aliphatic heterocycles. The Morgan fingerprint density at radius 2 is 1.72 bits per heavy atom. The molecule has 0 unspecified atom stereocenters. The summed E-state index contributed by atoms with van der Waals surface area (Å²) in [5.74, 6) is -0.668. The number of carbonyl (C=O) groups is 3. The maximum Gasteiger partial charge on any atom is 0.303 e. The van der Waals surface area contributed by atoms with Gasteiger partial charge in [-0.05, 0) is 24.6 Å². The molecule has 172 valence electrons. The van der Waals surface area contributed by atoms with Gasteiger partial charge < -0.3 is 23.5 Å². The van der Waals surface area contributed by atoms with Gasteiger partial charge >= 0.3 is 17.9 Å². The monoisotopic (exact) mass is 483 g/mol. The van der Waals surface area contributed by atoms with E-state index >= 15 is 0 Å². The number of benzene rings is 1. The highest BCUT2D eigenvalue weighted by Crippen LogP contribution is 2.39. The zero-order valence-electron chi connectivity index (χ0n) is 17.8. The molecular weight excluding hydrogens is 462 g/mol. The minimum absolute atomic E-state index is 0.254. The minimum atomic E-state index is -1.05. The predicted molar refractivity (Wildman–Crippen MR) is 115 cm³/mol. The summed E-state index contributed by atoms with van der Waals surface area (Å²) in [4.78, 5) is 35.1. The Labute approximate surface area is 193 Å². The summed E-state index contributed by atoms with van der Waals surface area (Å²) in [5, 5.41) is 4.22. The predicted octanol–water partition coefficient (Wildman–Crippen LogP) is 3.55. The molecule has 1 saturated heterocycles. The zero-order chi connectivity index (χ0) is 23.4. The lowest BCUT2D eigenvalue weighted by Gasteiger charge is -2.40. The van der Waals surface area contributed by atoms with Crippen LogP contribution in [0.15, 0.2) is 28.9 Å². The first-order valence-corrected chi connectivity index (χ1v) is 11.1. The summed E-state index contributed by atoms with van der Waals surface area (Å²) in [6, 6.07) is 5.07. The van der Waals surface area contributed by atoms with Crippen molar-refractivity contribution in [2.45, 2.75) is 51.4 Å². The summed E-state index contributed by atoms with van der Waals surface area (Å²) in [5.41, 5.74) is 0.521. The largest absolute Gasteiger partial charge is 0.475 e. The molecule has 0 spiro atoms. The van der Waals surface area contributed by atoms with E-state index in [1.54, 1.807) is 18.2 Å². The molecular formula is C21H22ClNO8S. The highest BCUT2D eigenvalue weighted by Gasteiger charge is 2.48. The van der Waals surface area contributed by atoms with E-state index in [2.05, 4.69) is 5.16 Å². The number of carbonyl (C=O) groups excluding carboxylic acids is 3. The van der Waals surface area contributed by atoms with E-state index in [-0.39, 0.29) is 5.75 Å². The van der Waals surface area contributed by atoms with E-state index in [9.17, 15) is 14.4 Å². The van der Waals surface area contributed by atoms with E-state index in [1.807, 2.05) is 6.92 Å². The van der Waals surface area contributed by atoms with E-state index in [1.165, 1.54) is 38.7 Å². The molecule has 0 aliphatic carbocycles. The smallest absolute Gasteiger partial charge is 0.303 e. The molecule has 2 aromatic rings. The number of aromatic nitrogens is 1. The van der Waals surface area contributed by atoms with Crippen LogP contribution in [0, 0.1) is 6.92 Å².